The maximum Gasteiger partial charge on any atom is 0.194 e. The lowest BCUT2D eigenvalue weighted by Gasteiger charge is -2.22. The van der Waals surface area contributed by atoms with Gasteiger partial charge in [-0.2, -0.15) is 0 Å². The molecule has 5 nitrogen and oxygen atoms in total. The van der Waals surface area contributed by atoms with E-state index in [0.29, 0.717) is 13.2 Å². The van der Waals surface area contributed by atoms with Crippen LogP contribution in [0.5, 0.6) is 5.75 Å². The van der Waals surface area contributed by atoms with Gasteiger partial charge in [0.1, 0.15) is 5.75 Å². The first-order valence-corrected chi connectivity index (χ1v) is 8.45. The number of aromatic nitrogens is 1. The summed E-state index contributed by atoms with van der Waals surface area (Å²) >= 11 is 0. The van der Waals surface area contributed by atoms with Crippen LogP contribution in [0, 0.1) is 0 Å². The minimum atomic E-state index is 0. The van der Waals surface area contributed by atoms with E-state index in [1.165, 1.54) is 5.69 Å². The van der Waals surface area contributed by atoms with Gasteiger partial charge in [-0.3, -0.25) is 0 Å². The summed E-state index contributed by atoms with van der Waals surface area (Å²) in [5.41, 5.74) is 2.39. The summed E-state index contributed by atoms with van der Waals surface area (Å²) in [6.45, 7) is 7.04. The van der Waals surface area contributed by atoms with Crippen LogP contribution >= 0.6 is 24.0 Å². The fourth-order valence-electron chi connectivity index (χ4n) is 2.51. The number of aliphatic imine (C=N–C) groups is 1. The number of halogens is 1. The average molecular weight is 456 g/mol. The van der Waals surface area contributed by atoms with Gasteiger partial charge in [0.2, 0.25) is 0 Å². The van der Waals surface area contributed by atoms with E-state index in [1.54, 1.807) is 0 Å². The first kappa shape index (κ1) is 21.3. The summed E-state index contributed by atoms with van der Waals surface area (Å²) in [7, 11) is 4.12. The largest absolute Gasteiger partial charge is 0.494 e. The molecule has 1 aromatic carbocycles. The Morgan fingerprint density at radius 2 is 2.04 bits per heavy atom. The fraction of sp³-hybridized carbons (Fsp3) is 0.421. The number of aryl methyl sites for hydroxylation is 1. The lowest BCUT2D eigenvalue weighted by atomic mass is 10.2. The van der Waals surface area contributed by atoms with Crippen molar-refractivity contribution in [2.75, 3.05) is 20.2 Å². The SMILES string of the molecule is CCNC(=NCc1cccc(OCC)c1)N(C)Cc1cccn1C.I. The van der Waals surface area contributed by atoms with Crippen molar-refractivity contribution in [2.45, 2.75) is 26.9 Å². The van der Waals surface area contributed by atoms with Gasteiger partial charge in [0.25, 0.3) is 0 Å². The molecule has 0 aliphatic carbocycles. The molecule has 0 radical (unpaired) electrons. The highest BCUT2D eigenvalue weighted by Gasteiger charge is 2.08. The molecule has 2 rings (SSSR count). The van der Waals surface area contributed by atoms with Crippen molar-refractivity contribution in [3.05, 3.63) is 53.9 Å². The Kier molecular flexibility index (Phi) is 9.41. The van der Waals surface area contributed by atoms with Gasteiger partial charge in [0, 0.05) is 32.5 Å². The van der Waals surface area contributed by atoms with E-state index in [1.807, 2.05) is 25.1 Å². The molecular formula is C19H29IN4O. The van der Waals surface area contributed by atoms with Crippen LogP contribution in [0.15, 0.2) is 47.6 Å². The maximum absolute atomic E-state index is 5.55. The van der Waals surface area contributed by atoms with Crippen LogP contribution in [0.2, 0.25) is 0 Å². The Morgan fingerprint density at radius 1 is 1.24 bits per heavy atom. The van der Waals surface area contributed by atoms with E-state index in [9.17, 15) is 0 Å². The van der Waals surface area contributed by atoms with Crippen molar-refractivity contribution in [3.8, 4) is 5.75 Å². The van der Waals surface area contributed by atoms with Crippen molar-refractivity contribution in [2.24, 2.45) is 12.0 Å². The summed E-state index contributed by atoms with van der Waals surface area (Å²) in [5.74, 6) is 1.80. The molecule has 0 bridgehead atoms. The summed E-state index contributed by atoms with van der Waals surface area (Å²) in [5, 5.41) is 3.36. The average Bonchev–Trinajstić information content (AvgIpc) is 2.97. The van der Waals surface area contributed by atoms with E-state index < -0.39 is 0 Å². The number of nitrogens with one attached hydrogen (secondary N) is 1. The molecular weight excluding hydrogens is 427 g/mol. The number of nitrogens with zero attached hydrogens (tertiary/aromatic N) is 3. The smallest absolute Gasteiger partial charge is 0.194 e. The number of guanidine groups is 1. The highest BCUT2D eigenvalue weighted by molar-refractivity contribution is 14.0. The summed E-state index contributed by atoms with van der Waals surface area (Å²) in [4.78, 5) is 6.91. The molecule has 0 saturated heterocycles. The maximum atomic E-state index is 5.55. The van der Waals surface area contributed by atoms with Crippen LogP contribution in [-0.2, 0) is 20.1 Å². The monoisotopic (exact) mass is 456 g/mol. The predicted molar refractivity (Wildman–Crippen MR) is 115 cm³/mol. The lowest BCUT2D eigenvalue weighted by Crippen LogP contribution is -2.38. The molecule has 1 N–H and O–H groups in total. The Bertz CT molecular complexity index is 669. The molecule has 0 fully saturated rings. The Balaban J connectivity index is 0.00000312. The highest BCUT2D eigenvalue weighted by Crippen LogP contribution is 2.14. The van der Waals surface area contributed by atoms with Crippen molar-refractivity contribution in [1.29, 1.82) is 0 Å². The Morgan fingerprint density at radius 3 is 2.68 bits per heavy atom. The third kappa shape index (κ3) is 6.61. The molecule has 0 spiro atoms. The van der Waals surface area contributed by atoms with E-state index in [0.717, 1.165) is 30.4 Å². The zero-order valence-corrected chi connectivity index (χ0v) is 17.9. The van der Waals surface area contributed by atoms with Crippen molar-refractivity contribution >= 4 is 29.9 Å². The van der Waals surface area contributed by atoms with Gasteiger partial charge in [-0.05, 0) is 43.7 Å². The standard InChI is InChI=1S/C19H28N4O.HI/c1-5-20-19(23(4)15-17-10-8-12-22(17)3)21-14-16-9-7-11-18(13-16)24-6-2;/h7-13H,5-6,14-15H2,1-4H3,(H,20,21);1H. The van der Waals surface area contributed by atoms with Gasteiger partial charge in [-0.25, -0.2) is 4.99 Å². The summed E-state index contributed by atoms with van der Waals surface area (Å²) in [6, 6.07) is 12.3. The zero-order valence-electron chi connectivity index (χ0n) is 15.5. The van der Waals surface area contributed by atoms with E-state index in [2.05, 4.69) is 60.2 Å². The second-order valence-electron chi connectivity index (χ2n) is 5.72. The fourth-order valence-corrected chi connectivity index (χ4v) is 2.51. The van der Waals surface area contributed by atoms with Gasteiger partial charge < -0.3 is 19.5 Å². The van der Waals surface area contributed by atoms with E-state index >= 15 is 0 Å². The number of rotatable bonds is 7. The minimum absolute atomic E-state index is 0. The van der Waals surface area contributed by atoms with Crippen LogP contribution in [0.4, 0.5) is 0 Å². The second-order valence-corrected chi connectivity index (χ2v) is 5.72. The molecule has 0 amide bonds. The van der Waals surface area contributed by atoms with Crippen molar-refractivity contribution in [1.82, 2.24) is 14.8 Å². The van der Waals surface area contributed by atoms with Gasteiger partial charge in [0.15, 0.2) is 5.96 Å². The molecule has 0 aliphatic rings. The van der Waals surface area contributed by atoms with Crippen LogP contribution in [0.25, 0.3) is 0 Å². The molecule has 0 aliphatic heterocycles. The molecule has 2 aromatic rings. The third-order valence-electron chi connectivity index (χ3n) is 3.77. The van der Waals surface area contributed by atoms with Gasteiger partial charge in [-0.15, -0.1) is 24.0 Å². The highest BCUT2D eigenvalue weighted by atomic mass is 127. The molecule has 0 saturated carbocycles. The molecule has 25 heavy (non-hydrogen) atoms. The first-order valence-electron chi connectivity index (χ1n) is 8.45. The summed E-state index contributed by atoms with van der Waals surface area (Å²) in [6.07, 6.45) is 2.06. The van der Waals surface area contributed by atoms with Crippen molar-refractivity contribution < 1.29 is 4.74 Å². The molecule has 138 valence electrons. The van der Waals surface area contributed by atoms with E-state index in [-0.39, 0.29) is 24.0 Å². The number of hydrogen-bond acceptors (Lipinski definition) is 2. The number of benzene rings is 1. The normalized spacial score (nSPS) is 11.0. The van der Waals surface area contributed by atoms with Crippen LogP contribution in [0.1, 0.15) is 25.1 Å². The number of ether oxygens (including phenoxy) is 1. The first-order chi connectivity index (χ1) is 11.6. The van der Waals surface area contributed by atoms with E-state index in [4.69, 9.17) is 9.73 Å². The summed E-state index contributed by atoms with van der Waals surface area (Å²) < 4.78 is 7.68. The predicted octanol–water partition coefficient (Wildman–Crippen LogP) is 3.64. The van der Waals surface area contributed by atoms with Gasteiger partial charge in [-0.1, -0.05) is 12.1 Å². The van der Waals surface area contributed by atoms with Crippen LogP contribution < -0.4 is 10.1 Å². The van der Waals surface area contributed by atoms with Crippen LogP contribution in [-0.4, -0.2) is 35.6 Å². The quantitative estimate of drug-likeness (QED) is 0.393. The van der Waals surface area contributed by atoms with Gasteiger partial charge in [0.05, 0.1) is 19.7 Å². The second kappa shape index (κ2) is 11.0. The Hall–Kier alpha value is -1.70. The molecule has 6 heteroatoms. The molecule has 0 atom stereocenters. The third-order valence-corrected chi connectivity index (χ3v) is 3.77. The Labute approximate surface area is 168 Å². The lowest BCUT2D eigenvalue weighted by molar-refractivity contribution is 0.340. The van der Waals surface area contributed by atoms with Crippen molar-refractivity contribution in [3.63, 3.8) is 0 Å². The zero-order chi connectivity index (χ0) is 17.4. The molecule has 1 aromatic heterocycles. The number of hydrogen-bond donors (Lipinski definition) is 1. The van der Waals surface area contributed by atoms with Crippen LogP contribution in [0.3, 0.4) is 0 Å². The topological polar surface area (TPSA) is 41.8 Å². The molecule has 1 heterocycles. The van der Waals surface area contributed by atoms with Gasteiger partial charge >= 0.3 is 0 Å². The minimum Gasteiger partial charge on any atom is -0.494 e. The molecule has 0 unspecified atom stereocenters.